The Morgan fingerprint density at radius 3 is 2.50 bits per heavy atom. The predicted octanol–water partition coefficient (Wildman–Crippen LogP) is 3.15. The molecule has 0 bridgehead atoms. The Morgan fingerprint density at radius 1 is 1.18 bits per heavy atom. The molecule has 0 saturated carbocycles. The standard InChI is InChI=1S/C22H30N2O4/c1-22(2,3)17-6-8-18(9-7-17)28-16-21(25)23-15-19(20-5-4-12-27-20)24-10-13-26-14-11-24/h4-9,12,19H,10-11,13-16H2,1-3H3,(H,23,25). The van der Waals surface area contributed by atoms with Gasteiger partial charge < -0.3 is 19.2 Å². The number of furan rings is 1. The third kappa shape index (κ3) is 5.59. The highest BCUT2D eigenvalue weighted by molar-refractivity contribution is 5.77. The van der Waals surface area contributed by atoms with Crippen LogP contribution in [0.4, 0.5) is 0 Å². The Hall–Kier alpha value is -2.31. The molecule has 0 radical (unpaired) electrons. The van der Waals surface area contributed by atoms with Gasteiger partial charge in [0.2, 0.25) is 0 Å². The van der Waals surface area contributed by atoms with E-state index >= 15 is 0 Å². The topological polar surface area (TPSA) is 63.9 Å². The van der Waals surface area contributed by atoms with Crippen molar-refractivity contribution >= 4 is 5.91 Å². The molecule has 1 aliphatic rings. The van der Waals surface area contributed by atoms with Gasteiger partial charge in [0.1, 0.15) is 11.5 Å². The van der Waals surface area contributed by atoms with E-state index in [1.165, 1.54) is 5.56 Å². The quantitative estimate of drug-likeness (QED) is 0.792. The van der Waals surface area contributed by atoms with Crippen LogP contribution < -0.4 is 10.1 Å². The molecule has 6 nitrogen and oxygen atoms in total. The summed E-state index contributed by atoms with van der Waals surface area (Å²) in [5.41, 5.74) is 1.33. The number of morpholine rings is 1. The molecule has 1 N–H and O–H groups in total. The first kappa shape index (κ1) is 20.4. The number of benzene rings is 1. The van der Waals surface area contributed by atoms with Crippen LogP contribution in [0.3, 0.4) is 0 Å². The second-order valence-corrected chi connectivity index (χ2v) is 8.05. The second-order valence-electron chi connectivity index (χ2n) is 8.05. The number of ether oxygens (including phenoxy) is 2. The number of hydrogen-bond donors (Lipinski definition) is 1. The van der Waals surface area contributed by atoms with Crippen molar-refractivity contribution in [2.24, 2.45) is 0 Å². The van der Waals surface area contributed by atoms with Crippen LogP contribution in [0.1, 0.15) is 38.1 Å². The van der Waals surface area contributed by atoms with Gasteiger partial charge in [-0.25, -0.2) is 0 Å². The maximum Gasteiger partial charge on any atom is 0.258 e. The van der Waals surface area contributed by atoms with Crippen LogP contribution in [0.5, 0.6) is 5.75 Å². The zero-order valence-electron chi connectivity index (χ0n) is 16.9. The molecule has 1 aromatic heterocycles. The molecule has 0 aliphatic carbocycles. The fourth-order valence-corrected chi connectivity index (χ4v) is 3.24. The van der Waals surface area contributed by atoms with E-state index in [9.17, 15) is 4.79 Å². The first-order valence-electron chi connectivity index (χ1n) is 9.79. The third-order valence-electron chi connectivity index (χ3n) is 4.94. The monoisotopic (exact) mass is 386 g/mol. The summed E-state index contributed by atoms with van der Waals surface area (Å²) < 4.78 is 16.6. The minimum absolute atomic E-state index is 0.00563. The fraction of sp³-hybridized carbons (Fsp3) is 0.500. The number of carbonyl (C=O) groups excluding carboxylic acids is 1. The molecule has 1 amide bonds. The molecule has 2 aromatic rings. The third-order valence-corrected chi connectivity index (χ3v) is 4.94. The lowest BCUT2D eigenvalue weighted by Gasteiger charge is -2.33. The van der Waals surface area contributed by atoms with Gasteiger partial charge >= 0.3 is 0 Å². The number of nitrogens with one attached hydrogen (secondary N) is 1. The number of hydrogen-bond acceptors (Lipinski definition) is 5. The van der Waals surface area contributed by atoms with E-state index in [4.69, 9.17) is 13.9 Å². The number of amides is 1. The Morgan fingerprint density at radius 2 is 1.89 bits per heavy atom. The molecular weight excluding hydrogens is 356 g/mol. The summed E-state index contributed by atoms with van der Waals surface area (Å²) >= 11 is 0. The zero-order valence-corrected chi connectivity index (χ0v) is 16.9. The first-order valence-corrected chi connectivity index (χ1v) is 9.79. The van der Waals surface area contributed by atoms with Crippen LogP contribution in [0, 0.1) is 0 Å². The van der Waals surface area contributed by atoms with Crippen molar-refractivity contribution in [3.8, 4) is 5.75 Å². The summed E-state index contributed by atoms with van der Waals surface area (Å²) in [5.74, 6) is 1.39. The molecule has 2 heterocycles. The van der Waals surface area contributed by atoms with E-state index in [1.54, 1.807) is 6.26 Å². The van der Waals surface area contributed by atoms with E-state index in [2.05, 4.69) is 31.0 Å². The van der Waals surface area contributed by atoms with Crippen molar-refractivity contribution < 1.29 is 18.7 Å². The van der Waals surface area contributed by atoms with E-state index in [-0.39, 0.29) is 24.0 Å². The van der Waals surface area contributed by atoms with Crippen LogP contribution in [0.25, 0.3) is 0 Å². The molecule has 1 aromatic carbocycles. The predicted molar refractivity (Wildman–Crippen MR) is 107 cm³/mol. The van der Waals surface area contributed by atoms with Gasteiger partial charge in [-0.1, -0.05) is 32.9 Å². The lowest BCUT2D eigenvalue weighted by Crippen LogP contribution is -2.44. The lowest BCUT2D eigenvalue weighted by molar-refractivity contribution is -0.123. The zero-order chi connectivity index (χ0) is 20.0. The van der Waals surface area contributed by atoms with Crippen LogP contribution in [0.15, 0.2) is 47.1 Å². The minimum atomic E-state index is -0.148. The molecule has 3 rings (SSSR count). The van der Waals surface area contributed by atoms with Crippen molar-refractivity contribution in [1.82, 2.24) is 10.2 Å². The van der Waals surface area contributed by atoms with Crippen molar-refractivity contribution in [1.29, 1.82) is 0 Å². The second kappa shape index (κ2) is 9.26. The molecule has 1 aliphatic heterocycles. The van der Waals surface area contributed by atoms with Gasteiger partial charge in [-0.2, -0.15) is 0 Å². The van der Waals surface area contributed by atoms with Gasteiger partial charge in [0.25, 0.3) is 5.91 Å². The lowest BCUT2D eigenvalue weighted by atomic mass is 9.87. The molecule has 152 valence electrons. The van der Waals surface area contributed by atoms with Gasteiger partial charge in [-0.15, -0.1) is 0 Å². The maximum absolute atomic E-state index is 12.3. The first-order chi connectivity index (χ1) is 13.4. The highest BCUT2D eigenvalue weighted by Gasteiger charge is 2.25. The molecule has 1 atom stereocenters. The maximum atomic E-state index is 12.3. The number of rotatable bonds is 7. The fourth-order valence-electron chi connectivity index (χ4n) is 3.24. The van der Waals surface area contributed by atoms with Crippen LogP contribution in [-0.4, -0.2) is 50.3 Å². The summed E-state index contributed by atoms with van der Waals surface area (Å²) in [6, 6.07) is 11.7. The minimum Gasteiger partial charge on any atom is -0.484 e. The van der Waals surface area contributed by atoms with E-state index < -0.39 is 0 Å². The van der Waals surface area contributed by atoms with Gasteiger partial charge in [-0.3, -0.25) is 9.69 Å². The Balaban J connectivity index is 1.50. The van der Waals surface area contributed by atoms with Crippen molar-refractivity contribution in [3.63, 3.8) is 0 Å². The van der Waals surface area contributed by atoms with Gasteiger partial charge in [0.15, 0.2) is 6.61 Å². The van der Waals surface area contributed by atoms with Crippen molar-refractivity contribution in [2.45, 2.75) is 32.2 Å². The summed E-state index contributed by atoms with van der Waals surface area (Å²) in [6.07, 6.45) is 1.66. The Labute approximate surface area is 166 Å². The van der Waals surface area contributed by atoms with Crippen LogP contribution in [0.2, 0.25) is 0 Å². The van der Waals surface area contributed by atoms with Gasteiger partial charge in [0.05, 0.1) is 25.5 Å². The average molecular weight is 386 g/mol. The molecule has 0 spiro atoms. The van der Waals surface area contributed by atoms with Crippen LogP contribution >= 0.6 is 0 Å². The molecule has 28 heavy (non-hydrogen) atoms. The molecule has 1 unspecified atom stereocenters. The summed E-state index contributed by atoms with van der Waals surface area (Å²) in [7, 11) is 0. The number of nitrogens with zero attached hydrogens (tertiary/aromatic N) is 1. The van der Waals surface area contributed by atoms with Crippen molar-refractivity contribution in [2.75, 3.05) is 39.5 Å². The van der Waals surface area contributed by atoms with Crippen molar-refractivity contribution in [3.05, 3.63) is 54.0 Å². The molecule has 1 saturated heterocycles. The summed E-state index contributed by atoms with van der Waals surface area (Å²) in [4.78, 5) is 14.6. The summed E-state index contributed by atoms with van der Waals surface area (Å²) in [6.45, 7) is 9.98. The molecule has 6 heteroatoms. The van der Waals surface area contributed by atoms with Gasteiger partial charge in [0, 0.05) is 19.6 Å². The van der Waals surface area contributed by atoms with Gasteiger partial charge in [-0.05, 0) is 35.2 Å². The largest absolute Gasteiger partial charge is 0.484 e. The van der Waals surface area contributed by atoms with Crippen LogP contribution in [-0.2, 0) is 14.9 Å². The van der Waals surface area contributed by atoms with E-state index in [0.29, 0.717) is 25.5 Å². The highest BCUT2D eigenvalue weighted by atomic mass is 16.5. The highest BCUT2D eigenvalue weighted by Crippen LogP contribution is 2.24. The molecule has 1 fully saturated rings. The SMILES string of the molecule is CC(C)(C)c1ccc(OCC(=O)NCC(c2ccco2)N2CCOCC2)cc1. The average Bonchev–Trinajstić information content (AvgIpc) is 3.21. The smallest absolute Gasteiger partial charge is 0.258 e. The van der Waals surface area contributed by atoms with E-state index in [1.807, 2.05) is 36.4 Å². The Kier molecular flexibility index (Phi) is 6.75. The van der Waals surface area contributed by atoms with E-state index in [0.717, 1.165) is 18.8 Å². The summed E-state index contributed by atoms with van der Waals surface area (Å²) in [5, 5.41) is 2.97. The normalized spacial score (nSPS) is 16.5. The Bertz CT molecular complexity index is 729. The number of carbonyl (C=O) groups is 1. The molecular formula is C22H30N2O4.